The molecule has 2 atom stereocenters. The molecule has 2 bridgehead atoms. The fourth-order valence-electron chi connectivity index (χ4n) is 4.61. The molecule has 26 heavy (non-hydrogen) atoms. The quantitative estimate of drug-likeness (QED) is 0.685. The summed E-state index contributed by atoms with van der Waals surface area (Å²) in [6.07, 6.45) is 3.47. The second-order valence-electron chi connectivity index (χ2n) is 7.70. The van der Waals surface area contributed by atoms with E-state index in [2.05, 4.69) is 13.0 Å². The van der Waals surface area contributed by atoms with Gasteiger partial charge in [-0.2, -0.15) is 0 Å². The van der Waals surface area contributed by atoms with E-state index >= 15 is 0 Å². The van der Waals surface area contributed by atoms with Gasteiger partial charge in [0.1, 0.15) is 5.76 Å². The van der Waals surface area contributed by atoms with Gasteiger partial charge in [0.15, 0.2) is 5.78 Å². The first kappa shape index (κ1) is 17.4. The summed E-state index contributed by atoms with van der Waals surface area (Å²) in [4.78, 5) is 13.1. The highest BCUT2D eigenvalue weighted by molar-refractivity contribution is 6.30. The molecule has 3 heteroatoms. The van der Waals surface area contributed by atoms with Crippen LogP contribution in [0.5, 0.6) is 0 Å². The van der Waals surface area contributed by atoms with Gasteiger partial charge in [-0.25, -0.2) is 0 Å². The number of ketones is 1. The van der Waals surface area contributed by atoms with Crippen LogP contribution in [-0.4, -0.2) is 10.9 Å². The third-order valence-electron chi connectivity index (χ3n) is 6.33. The Bertz CT molecular complexity index is 910. The average Bonchev–Trinajstić information content (AvgIpc) is 3.06. The number of fused-ring (bicyclic) bond motifs is 2. The van der Waals surface area contributed by atoms with Gasteiger partial charge < -0.3 is 5.11 Å². The average molecular weight is 367 g/mol. The Morgan fingerprint density at radius 3 is 2.54 bits per heavy atom. The first-order valence-electron chi connectivity index (χ1n) is 9.30. The summed E-state index contributed by atoms with van der Waals surface area (Å²) >= 11 is 6.00. The lowest BCUT2D eigenvalue weighted by atomic mass is 9.72. The minimum Gasteiger partial charge on any atom is -0.511 e. The van der Waals surface area contributed by atoms with Crippen molar-refractivity contribution in [3.8, 4) is 11.1 Å². The molecule has 2 nitrogen and oxygen atoms in total. The predicted molar refractivity (Wildman–Crippen MR) is 106 cm³/mol. The van der Waals surface area contributed by atoms with E-state index in [4.69, 9.17) is 11.6 Å². The molecule has 0 spiro atoms. The maximum atomic E-state index is 13.1. The lowest BCUT2D eigenvalue weighted by Gasteiger charge is -2.33. The number of hydrogen-bond donors (Lipinski definition) is 1. The Morgan fingerprint density at radius 2 is 1.85 bits per heavy atom. The maximum absolute atomic E-state index is 13.1. The Hall–Kier alpha value is -2.06. The van der Waals surface area contributed by atoms with Crippen LogP contribution in [0.2, 0.25) is 5.02 Å². The molecular weight excluding hydrogens is 344 g/mol. The SMILES string of the molecule is CCC12CCC(C1)C(=O)C(c1cc(-c3ccc(Cl)cc3)ccc1C)=C2O. The molecule has 2 aromatic rings. The van der Waals surface area contributed by atoms with Crippen molar-refractivity contribution in [2.75, 3.05) is 0 Å². The highest BCUT2D eigenvalue weighted by Crippen LogP contribution is 2.55. The van der Waals surface area contributed by atoms with E-state index in [1.165, 1.54) is 0 Å². The second-order valence-corrected chi connectivity index (χ2v) is 8.13. The highest BCUT2D eigenvalue weighted by Gasteiger charge is 2.50. The van der Waals surface area contributed by atoms with Crippen molar-refractivity contribution < 1.29 is 9.90 Å². The summed E-state index contributed by atoms with van der Waals surface area (Å²) in [5.41, 5.74) is 4.30. The van der Waals surface area contributed by atoms with Crippen molar-refractivity contribution in [3.05, 3.63) is 64.4 Å². The third-order valence-corrected chi connectivity index (χ3v) is 6.58. The smallest absolute Gasteiger partial charge is 0.169 e. The molecule has 2 aliphatic carbocycles. The van der Waals surface area contributed by atoms with Gasteiger partial charge in [0, 0.05) is 16.4 Å². The van der Waals surface area contributed by atoms with E-state index in [-0.39, 0.29) is 17.1 Å². The minimum atomic E-state index is -0.212. The number of allylic oxidation sites excluding steroid dienone is 2. The summed E-state index contributed by atoms with van der Waals surface area (Å²) in [6.45, 7) is 4.12. The van der Waals surface area contributed by atoms with E-state index in [1.807, 2.05) is 43.3 Å². The van der Waals surface area contributed by atoms with Gasteiger partial charge in [-0.1, -0.05) is 42.8 Å². The van der Waals surface area contributed by atoms with Crippen molar-refractivity contribution in [1.29, 1.82) is 0 Å². The van der Waals surface area contributed by atoms with Gasteiger partial charge in [-0.3, -0.25) is 4.79 Å². The minimum absolute atomic E-state index is 0.0550. The Balaban J connectivity index is 1.87. The lowest BCUT2D eigenvalue weighted by molar-refractivity contribution is -0.118. The second kappa shape index (κ2) is 6.28. The number of benzene rings is 2. The van der Waals surface area contributed by atoms with Crippen LogP contribution < -0.4 is 0 Å². The van der Waals surface area contributed by atoms with Crippen LogP contribution in [0, 0.1) is 18.3 Å². The van der Waals surface area contributed by atoms with Crippen LogP contribution in [0.3, 0.4) is 0 Å². The molecule has 2 unspecified atom stereocenters. The van der Waals surface area contributed by atoms with Gasteiger partial charge >= 0.3 is 0 Å². The van der Waals surface area contributed by atoms with E-state index in [9.17, 15) is 9.90 Å². The molecule has 0 aromatic heterocycles. The summed E-state index contributed by atoms with van der Waals surface area (Å²) in [5, 5.41) is 11.8. The number of aliphatic hydroxyl groups is 1. The van der Waals surface area contributed by atoms with E-state index in [1.54, 1.807) is 0 Å². The van der Waals surface area contributed by atoms with Crippen LogP contribution in [0.4, 0.5) is 0 Å². The molecule has 2 aliphatic rings. The first-order chi connectivity index (χ1) is 12.4. The predicted octanol–water partition coefficient (Wildman–Crippen LogP) is 6.36. The van der Waals surface area contributed by atoms with Crippen molar-refractivity contribution in [3.63, 3.8) is 0 Å². The van der Waals surface area contributed by atoms with E-state index in [0.717, 1.165) is 47.9 Å². The lowest BCUT2D eigenvalue weighted by Crippen LogP contribution is -2.29. The first-order valence-corrected chi connectivity index (χ1v) is 9.68. The number of hydrogen-bond acceptors (Lipinski definition) is 2. The van der Waals surface area contributed by atoms with Gasteiger partial charge in [0.25, 0.3) is 0 Å². The molecule has 0 radical (unpaired) electrons. The number of rotatable bonds is 3. The number of aryl methyl sites for hydroxylation is 1. The summed E-state index contributed by atoms with van der Waals surface area (Å²) < 4.78 is 0. The number of halogens is 1. The summed E-state index contributed by atoms with van der Waals surface area (Å²) in [7, 11) is 0. The third kappa shape index (κ3) is 2.59. The number of carbonyl (C=O) groups excluding carboxylic acids is 1. The topological polar surface area (TPSA) is 37.3 Å². The number of aliphatic hydroxyl groups excluding tert-OH is 1. The van der Waals surface area contributed by atoms with Crippen LogP contribution >= 0.6 is 11.6 Å². The molecule has 4 rings (SSSR count). The van der Waals surface area contributed by atoms with Crippen LogP contribution in [0.15, 0.2) is 48.2 Å². The number of carbonyl (C=O) groups is 1. The molecular formula is C23H23ClO2. The van der Waals surface area contributed by atoms with E-state index < -0.39 is 0 Å². The molecule has 1 fully saturated rings. The Morgan fingerprint density at radius 1 is 1.15 bits per heavy atom. The molecule has 0 heterocycles. The maximum Gasteiger partial charge on any atom is 0.169 e. The molecule has 0 amide bonds. The Kier molecular flexibility index (Phi) is 4.19. The van der Waals surface area contributed by atoms with Gasteiger partial charge in [-0.05, 0) is 73.1 Å². The zero-order valence-electron chi connectivity index (χ0n) is 15.2. The van der Waals surface area contributed by atoms with Crippen molar-refractivity contribution in [2.24, 2.45) is 11.3 Å². The van der Waals surface area contributed by atoms with Gasteiger partial charge in [0.2, 0.25) is 0 Å². The fourth-order valence-corrected chi connectivity index (χ4v) is 4.74. The Labute approximate surface area is 159 Å². The number of Topliss-reactive ketones (excluding diaryl/α,β-unsaturated/α-hetero) is 1. The summed E-state index contributed by atoms with van der Waals surface area (Å²) in [5.74, 6) is 0.481. The van der Waals surface area contributed by atoms with Crippen molar-refractivity contribution in [1.82, 2.24) is 0 Å². The normalized spacial score (nSPS) is 25.0. The monoisotopic (exact) mass is 366 g/mol. The van der Waals surface area contributed by atoms with Crippen LogP contribution in [-0.2, 0) is 4.79 Å². The van der Waals surface area contributed by atoms with Crippen LogP contribution in [0.25, 0.3) is 16.7 Å². The molecule has 0 aliphatic heterocycles. The molecule has 2 aromatic carbocycles. The standard InChI is InChI=1S/C23H23ClO2/c1-3-23-11-10-17(13-23)21(25)20(22(23)26)19-12-16(5-4-14(19)2)15-6-8-18(24)9-7-15/h4-9,12,17,26H,3,10-11,13H2,1-2H3. The van der Waals surface area contributed by atoms with Gasteiger partial charge in [0.05, 0.1) is 5.57 Å². The summed E-state index contributed by atoms with van der Waals surface area (Å²) in [6, 6.07) is 13.8. The van der Waals surface area contributed by atoms with Gasteiger partial charge in [-0.15, -0.1) is 0 Å². The zero-order valence-corrected chi connectivity index (χ0v) is 15.9. The molecule has 1 N–H and O–H groups in total. The largest absolute Gasteiger partial charge is 0.511 e. The van der Waals surface area contributed by atoms with Crippen molar-refractivity contribution >= 4 is 23.0 Å². The van der Waals surface area contributed by atoms with Crippen LogP contribution in [0.1, 0.15) is 43.7 Å². The van der Waals surface area contributed by atoms with E-state index in [0.29, 0.717) is 16.4 Å². The fraction of sp³-hybridized carbons (Fsp3) is 0.348. The highest BCUT2D eigenvalue weighted by atomic mass is 35.5. The molecule has 134 valence electrons. The molecule has 1 saturated carbocycles. The zero-order chi connectivity index (χ0) is 18.5. The van der Waals surface area contributed by atoms with Crippen molar-refractivity contribution in [2.45, 2.75) is 39.5 Å². The molecule has 0 saturated heterocycles.